The van der Waals surface area contributed by atoms with Crippen LogP contribution in [-0.4, -0.2) is 50.1 Å². The molecule has 0 radical (unpaired) electrons. The van der Waals surface area contributed by atoms with Gasteiger partial charge in [0, 0.05) is 7.11 Å². The maximum Gasteiger partial charge on any atom is 0.338 e. The van der Waals surface area contributed by atoms with Gasteiger partial charge in [-0.15, -0.1) is 0 Å². The molecule has 1 aliphatic heterocycles. The van der Waals surface area contributed by atoms with E-state index in [1.165, 1.54) is 31.4 Å². The second-order valence-corrected chi connectivity index (χ2v) is 6.46. The van der Waals surface area contributed by atoms with Gasteiger partial charge in [0.05, 0.1) is 17.5 Å². The van der Waals surface area contributed by atoms with Gasteiger partial charge in [-0.1, -0.05) is 36.4 Å². The van der Waals surface area contributed by atoms with Crippen LogP contribution in [0.3, 0.4) is 0 Å². The van der Waals surface area contributed by atoms with Crippen molar-refractivity contribution in [1.82, 2.24) is 0 Å². The summed E-state index contributed by atoms with van der Waals surface area (Å²) in [7, 11) is 1.23. The molecule has 1 aliphatic rings. The molecule has 1 fully saturated rings. The number of carbonyl (C=O) groups excluding carboxylic acids is 2. The van der Waals surface area contributed by atoms with Gasteiger partial charge in [0.1, 0.15) is 12.7 Å². The van der Waals surface area contributed by atoms with Crippen LogP contribution in [0, 0.1) is 0 Å². The Morgan fingerprint density at radius 1 is 1.00 bits per heavy atom. The van der Waals surface area contributed by atoms with Crippen molar-refractivity contribution >= 4 is 11.9 Å². The fraction of sp³-hybridized carbons (Fsp3) is 0.333. The van der Waals surface area contributed by atoms with E-state index in [0.29, 0.717) is 0 Å². The zero-order valence-corrected chi connectivity index (χ0v) is 15.6. The number of ether oxygens (including phenoxy) is 4. The molecule has 0 spiro atoms. The second kappa shape index (κ2) is 9.11. The maximum atomic E-state index is 14.7. The Bertz CT molecular complexity index is 828. The second-order valence-electron chi connectivity index (χ2n) is 6.46. The van der Waals surface area contributed by atoms with E-state index < -0.39 is 49.4 Å². The molecular formula is C21H20F2O6. The van der Waals surface area contributed by atoms with Crippen molar-refractivity contribution in [3.8, 4) is 0 Å². The van der Waals surface area contributed by atoms with Crippen LogP contribution < -0.4 is 0 Å². The highest BCUT2D eigenvalue weighted by Crippen LogP contribution is 2.37. The Morgan fingerprint density at radius 3 is 2.10 bits per heavy atom. The predicted octanol–water partition coefficient (Wildman–Crippen LogP) is 3.47. The molecule has 1 heterocycles. The topological polar surface area (TPSA) is 71.1 Å². The molecule has 3 atom stereocenters. The fourth-order valence-electron chi connectivity index (χ4n) is 2.93. The molecule has 1 saturated heterocycles. The average Bonchev–Trinajstić information content (AvgIpc) is 2.74. The van der Waals surface area contributed by atoms with Crippen LogP contribution in [0.2, 0.25) is 0 Å². The van der Waals surface area contributed by atoms with Crippen LogP contribution in [0.5, 0.6) is 0 Å². The van der Waals surface area contributed by atoms with E-state index in [9.17, 15) is 18.4 Å². The number of benzene rings is 2. The maximum absolute atomic E-state index is 14.7. The lowest BCUT2D eigenvalue weighted by Crippen LogP contribution is -2.56. The first kappa shape index (κ1) is 20.9. The van der Waals surface area contributed by atoms with Gasteiger partial charge in [0.15, 0.2) is 12.4 Å². The summed E-state index contributed by atoms with van der Waals surface area (Å²) in [5.41, 5.74) is 0.383. The zero-order valence-electron chi connectivity index (χ0n) is 15.6. The molecule has 2 aromatic carbocycles. The predicted molar refractivity (Wildman–Crippen MR) is 97.6 cm³/mol. The molecule has 8 heteroatoms. The molecule has 0 bridgehead atoms. The summed E-state index contributed by atoms with van der Waals surface area (Å²) < 4.78 is 50.0. The third-order valence-corrected chi connectivity index (χ3v) is 4.41. The number of halogens is 2. The Kier molecular flexibility index (Phi) is 6.56. The average molecular weight is 406 g/mol. The normalized spacial score (nSPS) is 23.2. The van der Waals surface area contributed by atoms with E-state index in [1.807, 2.05) is 0 Å². The van der Waals surface area contributed by atoms with Crippen LogP contribution in [0.4, 0.5) is 8.78 Å². The van der Waals surface area contributed by atoms with Gasteiger partial charge in [-0.05, 0) is 24.3 Å². The zero-order chi connectivity index (χ0) is 20.9. The van der Waals surface area contributed by atoms with E-state index in [2.05, 4.69) is 0 Å². The quantitative estimate of drug-likeness (QED) is 0.685. The molecule has 0 N–H and O–H groups in total. The minimum Gasteiger partial charge on any atom is -0.459 e. The van der Waals surface area contributed by atoms with Crippen LogP contribution in [-0.2, 0) is 18.9 Å². The lowest BCUT2D eigenvalue weighted by atomic mass is 10.00. The molecule has 3 rings (SSSR count). The van der Waals surface area contributed by atoms with Crippen molar-refractivity contribution < 1.29 is 37.3 Å². The minimum absolute atomic E-state index is 0.122. The summed E-state index contributed by atoms with van der Waals surface area (Å²) in [6.45, 7) is -0.532. The lowest BCUT2D eigenvalue weighted by molar-refractivity contribution is -0.291. The van der Waals surface area contributed by atoms with Gasteiger partial charge in [0.25, 0.3) is 5.92 Å². The highest BCUT2D eigenvalue weighted by atomic mass is 19.3. The first-order valence-corrected chi connectivity index (χ1v) is 8.95. The standard InChI is InChI=1S/C21H20F2O6/c1-26-17-12-21(22,23)18(29-20(25)15-10-6-3-7-11-15)16(28-17)13-27-19(24)14-8-4-2-5-9-14/h2-11,16-18H,12-13H2,1H3/t16-,17+,18-/m1/s1. The van der Waals surface area contributed by atoms with E-state index >= 15 is 0 Å². The number of hydrogen-bond donors (Lipinski definition) is 0. The number of alkyl halides is 2. The molecule has 29 heavy (non-hydrogen) atoms. The van der Waals surface area contributed by atoms with E-state index in [1.54, 1.807) is 36.4 Å². The van der Waals surface area contributed by atoms with Crippen LogP contribution in [0.15, 0.2) is 60.7 Å². The Morgan fingerprint density at radius 2 is 1.55 bits per heavy atom. The summed E-state index contributed by atoms with van der Waals surface area (Å²) in [4.78, 5) is 24.5. The molecule has 2 aromatic rings. The SMILES string of the molecule is CO[C@@H]1CC(F)(F)[C@H](OC(=O)c2ccccc2)[C@@H](COC(=O)c2ccccc2)O1. The van der Waals surface area contributed by atoms with Crippen LogP contribution in [0.25, 0.3) is 0 Å². The summed E-state index contributed by atoms with van der Waals surface area (Å²) in [5, 5.41) is 0. The lowest BCUT2D eigenvalue weighted by Gasteiger charge is -2.40. The number of esters is 2. The Labute approximate surface area is 166 Å². The molecule has 0 saturated carbocycles. The van der Waals surface area contributed by atoms with Crippen molar-refractivity contribution in [2.45, 2.75) is 30.8 Å². The molecule has 154 valence electrons. The van der Waals surface area contributed by atoms with Crippen molar-refractivity contribution in [2.75, 3.05) is 13.7 Å². The smallest absolute Gasteiger partial charge is 0.338 e. The van der Waals surface area contributed by atoms with E-state index in [0.717, 1.165) is 0 Å². The molecule has 0 unspecified atom stereocenters. The van der Waals surface area contributed by atoms with Gasteiger partial charge in [-0.25, -0.2) is 18.4 Å². The largest absolute Gasteiger partial charge is 0.459 e. The molecule has 6 nitrogen and oxygen atoms in total. The summed E-state index contributed by atoms with van der Waals surface area (Å²) in [6.07, 6.45) is -5.36. The van der Waals surface area contributed by atoms with Crippen LogP contribution in [0.1, 0.15) is 27.1 Å². The highest BCUT2D eigenvalue weighted by Gasteiger charge is 2.54. The number of rotatable bonds is 6. The summed E-state index contributed by atoms with van der Waals surface area (Å²) >= 11 is 0. The Hall–Kier alpha value is -2.84. The first-order valence-electron chi connectivity index (χ1n) is 8.95. The van der Waals surface area contributed by atoms with Gasteiger partial charge in [-0.3, -0.25) is 0 Å². The monoisotopic (exact) mass is 406 g/mol. The molecule has 0 amide bonds. The highest BCUT2D eigenvalue weighted by molar-refractivity contribution is 5.90. The van der Waals surface area contributed by atoms with Crippen molar-refractivity contribution in [1.29, 1.82) is 0 Å². The first-order chi connectivity index (χ1) is 13.9. The molecule has 0 aliphatic carbocycles. The summed E-state index contributed by atoms with van der Waals surface area (Å²) in [5.74, 6) is -5.06. The third kappa shape index (κ3) is 5.16. The number of hydrogen-bond acceptors (Lipinski definition) is 6. The number of carbonyl (C=O) groups is 2. The van der Waals surface area contributed by atoms with Crippen molar-refractivity contribution in [3.05, 3.63) is 71.8 Å². The van der Waals surface area contributed by atoms with Gasteiger partial charge in [0.2, 0.25) is 0 Å². The van der Waals surface area contributed by atoms with Gasteiger partial charge in [-0.2, -0.15) is 0 Å². The minimum atomic E-state index is -3.44. The van der Waals surface area contributed by atoms with E-state index in [4.69, 9.17) is 18.9 Å². The van der Waals surface area contributed by atoms with Crippen molar-refractivity contribution in [2.24, 2.45) is 0 Å². The molecular weight excluding hydrogens is 386 g/mol. The fourth-order valence-corrected chi connectivity index (χ4v) is 2.93. The van der Waals surface area contributed by atoms with E-state index in [-0.39, 0.29) is 11.1 Å². The van der Waals surface area contributed by atoms with Gasteiger partial charge >= 0.3 is 11.9 Å². The number of methoxy groups -OCH3 is 1. The molecule has 0 aromatic heterocycles. The van der Waals surface area contributed by atoms with Gasteiger partial charge < -0.3 is 18.9 Å². The summed E-state index contributed by atoms with van der Waals surface area (Å²) in [6, 6.07) is 15.8. The Balaban J connectivity index is 1.74. The van der Waals surface area contributed by atoms with Crippen LogP contribution >= 0.6 is 0 Å². The third-order valence-electron chi connectivity index (χ3n) is 4.41. The van der Waals surface area contributed by atoms with Crippen molar-refractivity contribution in [3.63, 3.8) is 0 Å².